The minimum Gasteiger partial charge on any atom is -0.497 e. The lowest BCUT2D eigenvalue weighted by atomic mass is 10.1. The van der Waals surface area contributed by atoms with Crippen molar-refractivity contribution < 1.29 is 19.1 Å². The van der Waals surface area contributed by atoms with Gasteiger partial charge in [0, 0.05) is 17.5 Å². The van der Waals surface area contributed by atoms with Crippen LogP contribution >= 0.6 is 0 Å². The highest BCUT2D eigenvalue weighted by Gasteiger charge is 2.17. The quantitative estimate of drug-likeness (QED) is 0.668. The summed E-state index contributed by atoms with van der Waals surface area (Å²) in [6, 6.07) is 11.3. The van der Waals surface area contributed by atoms with Crippen LogP contribution in [0.25, 0.3) is 16.9 Å². The molecule has 2 heterocycles. The van der Waals surface area contributed by atoms with Gasteiger partial charge in [-0.3, -0.25) is 4.79 Å². The number of imidazole rings is 1. The number of pyridine rings is 1. The Morgan fingerprint density at radius 2 is 1.80 bits per heavy atom. The third kappa shape index (κ3) is 5.08. The van der Waals surface area contributed by atoms with E-state index in [9.17, 15) is 9.59 Å². The van der Waals surface area contributed by atoms with Crippen molar-refractivity contribution in [3.63, 3.8) is 0 Å². The highest BCUT2D eigenvalue weighted by Crippen LogP contribution is 2.26. The number of rotatable bonds is 5. The number of nitrogens with zero attached hydrogens (tertiary/aromatic N) is 2. The van der Waals surface area contributed by atoms with Gasteiger partial charge >= 0.3 is 6.09 Å². The van der Waals surface area contributed by atoms with Crippen LogP contribution in [0.4, 0.5) is 10.5 Å². The van der Waals surface area contributed by atoms with Gasteiger partial charge < -0.3 is 24.5 Å². The maximum Gasteiger partial charge on any atom is 0.408 e. The van der Waals surface area contributed by atoms with E-state index >= 15 is 0 Å². The average molecular weight is 410 g/mol. The topological polar surface area (TPSA) is 94.0 Å². The van der Waals surface area contributed by atoms with Crippen LogP contribution in [0.1, 0.15) is 26.5 Å². The molecule has 0 unspecified atom stereocenters. The number of aryl methyl sites for hydroxylation is 1. The zero-order chi connectivity index (χ0) is 21.9. The number of methoxy groups -OCH3 is 1. The minimum absolute atomic E-state index is 0.188. The molecule has 2 amide bonds. The number of hydrogen-bond donors (Lipinski definition) is 2. The van der Waals surface area contributed by atoms with Crippen LogP contribution in [0, 0.1) is 6.92 Å². The first kappa shape index (κ1) is 21.2. The second-order valence-electron chi connectivity index (χ2n) is 7.82. The first-order chi connectivity index (χ1) is 14.2. The van der Waals surface area contributed by atoms with Gasteiger partial charge in [-0.05, 0) is 64.1 Å². The fourth-order valence-electron chi connectivity index (χ4n) is 2.93. The van der Waals surface area contributed by atoms with Crippen molar-refractivity contribution in [1.29, 1.82) is 0 Å². The summed E-state index contributed by atoms with van der Waals surface area (Å²) < 4.78 is 12.2. The molecule has 0 aliphatic heterocycles. The highest BCUT2D eigenvalue weighted by molar-refractivity contribution is 5.93. The Hall–Kier alpha value is -3.55. The number of hydrogen-bond acceptors (Lipinski definition) is 5. The third-order valence-electron chi connectivity index (χ3n) is 4.30. The van der Waals surface area contributed by atoms with Crippen molar-refractivity contribution >= 4 is 23.3 Å². The molecule has 0 radical (unpaired) electrons. The molecule has 0 spiro atoms. The maximum atomic E-state index is 12.2. The molecule has 1 aromatic carbocycles. The van der Waals surface area contributed by atoms with E-state index < -0.39 is 11.7 Å². The van der Waals surface area contributed by atoms with Crippen molar-refractivity contribution in [1.82, 2.24) is 14.7 Å². The van der Waals surface area contributed by atoms with Crippen molar-refractivity contribution in [2.45, 2.75) is 33.3 Å². The van der Waals surface area contributed by atoms with E-state index in [4.69, 9.17) is 9.47 Å². The Morgan fingerprint density at radius 3 is 2.43 bits per heavy atom. The van der Waals surface area contributed by atoms with Gasteiger partial charge in [0.15, 0.2) is 0 Å². The lowest BCUT2D eigenvalue weighted by Crippen LogP contribution is -2.37. The monoisotopic (exact) mass is 410 g/mol. The zero-order valence-corrected chi connectivity index (χ0v) is 17.8. The summed E-state index contributed by atoms with van der Waals surface area (Å²) in [6.07, 6.45) is 1.17. The summed E-state index contributed by atoms with van der Waals surface area (Å²) in [5.41, 5.74) is 3.52. The van der Waals surface area contributed by atoms with Crippen LogP contribution in [0.3, 0.4) is 0 Å². The van der Waals surface area contributed by atoms with Crippen molar-refractivity contribution in [2.75, 3.05) is 19.0 Å². The number of benzene rings is 1. The molecule has 3 aromatic rings. The Bertz CT molecular complexity index is 1070. The Labute approximate surface area is 175 Å². The van der Waals surface area contributed by atoms with E-state index in [1.165, 1.54) is 0 Å². The predicted octanol–water partition coefficient (Wildman–Crippen LogP) is 3.78. The first-order valence-electron chi connectivity index (χ1n) is 9.56. The molecule has 0 saturated heterocycles. The fourth-order valence-corrected chi connectivity index (χ4v) is 2.93. The minimum atomic E-state index is -0.636. The predicted molar refractivity (Wildman–Crippen MR) is 115 cm³/mol. The number of ether oxygens (including phenoxy) is 2. The van der Waals surface area contributed by atoms with Crippen molar-refractivity contribution in [2.24, 2.45) is 0 Å². The second kappa shape index (κ2) is 8.44. The largest absolute Gasteiger partial charge is 0.497 e. The number of carbonyl (C=O) groups excluding carboxylic acids is 2. The van der Waals surface area contributed by atoms with Crippen molar-refractivity contribution in [3.8, 4) is 17.0 Å². The normalized spacial score (nSPS) is 11.2. The Balaban J connectivity index is 1.71. The molecule has 0 aliphatic rings. The van der Waals surface area contributed by atoms with E-state index in [-0.39, 0.29) is 12.5 Å². The number of anilines is 1. The van der Waals surface area contributed by atoms with Crippen LogP contribution < -0.4 is 15.4 Å². The summed E-state index contributed by atoms with van der Waals surface area (Å²) in [6.45, 7) is 7.06. The van der Waals surface area contributed by atoms with E-state index in [1.54, 1.807) is 40.1 Å². The van der Waals surface area contributed by atoms with Crippen LogP contribution in [0.5, 0.6) is 5.75 Å². The molecule has 8 nitrogen and oxygen atoms in total. The number of alkyl carbamates (subject to hydrolysis) is 1. The molecular weight excluding hydrogens is 384 g/mol. The lowest BCUT2D eigenvalue weighted by molar-refractivity contribution is -0.115. The van der Waals surface area contributed by atoms with Gasteiger partial charge in [-0.25, -0.2) is 9.78 Å². The second-order valence-corrected chi connectivity index (χ2v) is 7.82. The number of nitrogens with one attached hydrogen (secondary N) is 2. The zero-order valence-electron chi connectivity index (χ0n) is 17.8. The molecule has 0 aliphatic carbocycles. The molecule has 30 heavy (non-hydrogen) atoms. The van der Waals surface area contributed by atoms with Crippen molar-refractivity contribution in [3.05, 3.63) is 48.3 Å². The van der Waals surface area contributed by atoms with E-state index in [2.05, 4.69) is 15.6 Å². The van der Waals surface area contributed by atoms with E-state index in [0.717, 1.165) is 28.3 Å². The fraction of sp³-hybridized carbons (Fsp3) is 0.318. The molecule has 2 aromatic heterocycles. The molecule has 0 atom stereocenters. The average Bonchev–Trinajstić information content (AvgIpc) is 3.01. The summed E-state index contributed by atoms with van der Waals surface area (Å²) in [5.74, 6) is 0.429. The summed E-state index contributed by atoms with van der Waals surface area (Å²) >= 11 is 0. The smallest absolute Gasteiger partial charge is 0.408 e. The molecule has 8 heteroatoms. The number of aromatic nitrogens is 2. The third-order valence-corrected chi connectivity index (χ3v) is 4.30. The molecule has 0 saturated carbocycles. The van der Waals surface area contributed by atoms with Gasteiger partial charge in [0.1, 0.15) is 23.5 Å². The lowest BCUT2D eigenvalue weighted by Gasteiger charge is -2.19. The number of amides is 2. The molecule has 0 bridgehead atoms. The molecular formula is C22H26N4O4. The highest BCUT2D eigenvalue weighted by atomic mass is 16.6. The standard InChI is InChI=1S/C22H26N4O4/c1-14-20(15-6-9-17(29-5)10-7-15)25-18-11-8-16(13-26(14)18)24-19(27)12-23-21(28)30-22(2,3)4/h6-11,13H,12H2,1-5H3,(H,23,28)(H,24,27). The SMILES string of the molecule is COc1ccc(-c2nc3ccc(NC(=O)CNC(=O)OC(C)(C)C)cn3c2C)cc1. The van der Waals surface area contributed by atoms with Gasteiger partial charge in [-0.15, -0.1) is 0 Å². The first-order valence-corrected chi connectivity index (χ1v) is 9.56. The van der Waals surface area contributed by atoms with Gasteiger partial charge in [0.2, 0.25) is 5.91 Å². The number of fused-ring (bicyclic) bond motifs is 1. The summed E-state index contributed by atoms with van der Waals surface area (Å²) in [7, 11) is 1.63. The van der Waals surface area contributed by atoms with Crippen LogP contribution in [0.2, 0.25) is 0 Å². The molecule has 2 N–H and O–H groups in total. The van der Waals surface area contributed by atoms with E-state index in [0.29, 0.717) is 5.69 Å². The number of carbonyl (C=O) groups is 2. The Kier molecular flexibility index (Phi) is 5.96. The van der Waals surface area contributed by atoms with Crippen LogP contribution in [0.15, 0.2) is 42.6 Å². The van der Waals surface area contributed by atoms with Crippen LogP contribution in [-0.4, -0.2) is 40.6 Å². The summed E-state index contributed by atoms with van der Waals surface area (Å²) in [5, 5.41) is 5.21. The molecule has 3 rings (SSSR count). The van der Waals surface area contributed by atoms with Gasteiger partial charge in [0.05, 0.1) is 18.5 Å². The maximum absolute atomic E-state index is 12.2. The van der Waals surface area contributed by atoms with Crippen LogP contribution in [-0.2, 0) is 9.53 Å². The van der Waals surface area contributed by atoms with Gasteiger partial charge in [0.25, 0.3) is 0 Å². The Morgan fingerprint density at radius 1 is 1.10 bits per heavy atom. The summed E-state index contributed by atoms with van der Waals surface area (Å²) in [4.78, 5) is 28.5. The van der Waals surface area contributed by atoms with Gasteiger partial charge in [-0.1, -0.05) is 0 Å². The van der Waals surface area contributed by atoms with E-state index in [1.807, 2.05) is 41.7 Å². The van der Waals surface area contributed by atoms with Gasteiger partial charge in [-0.2, -0.15) is 0 Å². The molecule has 158 valence electrons. The molecule has 0 fully saturated rings.